The lowest BCUT2D eigenvalue weighted by atomic mass is 9.93. The average molecular weight is 705 g/mol. The molecule has 1 unspecified atom stereocenters. The molecular formula is C37H48N6O6S. The van der Waals surface area contributed by atoms with Crippen LogP contribution in [0.4, 0.5) is 9.59 Å². The van der Waals surface area contributed by atoms with Crippen LogP contribution >= 0.6 is 11.3 Å². The molecular weight excluding hydrogens is 657 g/mol. The van der Waals surface area contributed by atoms with E-state index in [1.807, 2.05) is 79.9 Å². The molecule has 4 rings (SSSR count). The molecule has 0 bridgehead atoms. The third-order valence-corrected chi connectivity index (χ3v) is 9.33. The van der Waals surface area contributed by atoms with Crippen LogP contribution < -0.4 is 16.0 Å². The highest BCUT2D eigenvalue weighted by Crippen LogP contribution is 2.20. The average Bonchev–Trinajstić information content (AvgIpc) is 3.79. The van der Waals surface area contributed by atoms with Gasteiger partial charge in [-0.25, -0.2) is 14.6 Å². The fraction of sp³-hybridized carbons (Fsp3) is 0.432. The molecule has 4 N–H and O–H groups in total. The normalized spacial score (nSPS) is 13.7. The highest BCUT2D eigenvalue weighted by molar-refractivity contribution is 7.09. The van der Waals surface area contributed by atoms with Crippen LogP contribution in [0, 0.1) is 5.92 Å². The van der Waals surface area contributed by atoms with Crippen molar-refractivity contribution >= 4 is 29.4 Å². The monoisotopic (exact) mass is 704 g/mol. The van der Waals surface area contributed by atoms with Gasteiger partial charge >= 0.3 is 12.1 Å². The Kier molecular flexibility index (Phi) is 14.4. The molecule has 0 aliphatic rings. The van der Waals surface area contributed by atoms with Crippen molar-refractivity contribution in [2.75, 3.05) is 7.05 Å². The number of thiazole rings is 1. The van der Waals surface area contributed by atoms with E-state index in [0.29, 0.717) is 31.1 Å². The number of nitrogens with one attached hydrogen (secondary N) is 3. The molecule has 0 aliphatic carbocycles. The van der Waals surface area contributed by atoms with E-state index < -0.39 is 36.4 Å². The number of hydrogen-bond donors (Lipinski definition) is 4. The number of alkyl carbamates (subject to hydrolysis) is 1. The molecule has 0 aliphatic heterocycles. The largest absolute Gasteiger partial charge is 0.441 e. The summed E-state index contributed by atoms with van der Waals surface area (Å²) < 4.78 is 10.3. The summed E-state index contributed by atoms with van der Waals surface area (Å²) in [6, 6.07) is 18.2. The van der Waals surface area contributed by atoms with Crippen LogP contribution in [-0.4, -0.2) is 69.5 Å². The number of carbonyl (C=O) groups is 3. The van der Waals surface area contributed by atoms with Crippen molar-refractivity contribution in [3.63, 3.8) is 0 Å². The standard InChI is InChI=1S/C37H48N6O6S/c1-24(2)33(42-36(46)43(5)21-29-23-50-35(40-29)25(3)4)34(45)39-28(18-26-12-8-6-9-13-26)20-32(44)31(19-27-14-10-7-11-15-27)41-37(47)48-22-30-16-17-38-49-30/h6-17,23-25,28,31-33,44H,18-22H2,1-5H3,(H,39,45)(H,41,47)(H,42,46)/t28-,31-,32-,33?/m0/s1. The molecule has 50 heavy (non-hydrogen) atoms. The molecule has 2 heterocycles. The van der Waals surface area contributed by atoms with Crippen molar-refractivity contribution in [3.8, 4) is 0 Å². The zero-order valence-corrected chi connectivity index (χ0v) is 30.1. The number of aliphatic hydroxyl groups excluding tert-OH is 1. The molecule has 0 saturated heterocycles. The second-order valence-corrected chi connectivity index (χ2v) is 13.9. The molecule has 4 aromatic rings. The fourth-order valence-electron chi connectivity index (χ4n) is 5.39. The minimum absolute atomic E-state index is 0.112. The summed E-state index contributed by atoms with van der Waals surface area (Å²) in [5.74, 6) is 0.0812. The Morgan fingerprint density at radius 2 is 1.58 bits per heavy atom. The molecule has 268 valence electrons. The zero-order chi connectivity index (χ0) is 36.0. The number of nitrogens with zero attached hydrogens (tertiary/aromatic N) is 3. The van der Waals surface area contributed by atoms with Gasteiger partial charge in [-0.1, -0.05) is 93.5 Å². The Balaban J connectivity index is 1.46. The number of urea groups is 1. The van der Waals surface area contributed by atoms with Gasteiger partial charge in [0.1, 0.15) is 6.04 Å². The van der Waals surface area contributed by atoms with Gasteiger partial charge in [-0.3, -0.25) is 4.79 Å². The Morgan fingerprint density at radius 3 is 2.16 bits per heavy atom. The molecule has 0 fully saturated rings. The number of aromatic nitrogens is 2. The fourth-order valence-corrected chi connectivity index (χ4v) is 6.22. The first kappa shape index (κ1) is 38.1. The van der Waals surface area contributed by atoms with Crippen molar-refractivity contribution < 1.29 is 28.8 Å². The van der Waals surface area contributed by atoms with Crippen molar-refractivity contribution in [2.24, 2.45) is 5.92 Å². The summed E-state index contributed by atoms with van der Waals surface area (Å²) in [4.78, 5) is 46.1. The van der Waals surface area contributed by atoms with Gasteiger partial charge in [0.05, 0.1) is 35.6 Å². The van der Waals surface area contributed by atoms with Gasteiger partial charge in [0.15, 0.2) is 12.4 Å². The number of carbonyl (C=O) groups excluding carboxylic acids is 3. The van der Waals surface area contributed by atoms with Gasteiger partial charge in [0.2, 0.25) is 5.91 Å². The summed E-state index contributed by atoms with van der Waals surface area (Å²) in [6.45, 7) is 8.07. The Labute approximate surface area is 297 Å². The van der Waals surface area contributed by atoms with Gasteiger partial charge in [0.25, 0.3) is 0 Å². The summed E-state index contributed by atoms with van der Waals surface area (Å²) in [5.41, 5.74) is 2.65. The Bertz CT molecular complexity index is 1620. The van der Waals surface area contributed by atoms with Crippen LogP contribution in [-0.2, 0) is 35.5 Å². The van der Waals surface area contributed by atoms with E-state index in [1.54, 1.807) is 24.5 Å². The van der Waals surface area contributed by atoms with Crippen molar-refractivity contribution in [2.45, 2.75) is 90.3 Å². The van der Waals surface area contributed by atoms with Gasteiger partial charge in [0, 0.05) is 30.5 Å². The highest BCUT2D eigenvalue weighted by Gasteiger charge is 2.31. The van der Waals surface area contributed by atoms with Gasteiger partial charge in [-0.15, -0.1) is 11.3 Å². The van der Waals surface area contributed by atoms with Crippen molar-refractivity contribution in [1.82, 2.24) is 31.0 Å². The van der Waals surface area contributed by atoms with Crippen LogP contribution in [0.5, 0.6) is 0 Å². The molecule has 12 nitrogen and oxygen atoms in total. The van der Waals surface area contributed by atoms with Gasteiger partial charge < -0.3 is 35.2 Å². The topological polar surface area (TPSA) is 159 Å². The van der Waals surface area contributed by atoms with Crippen LogP contribution in [0.2, 0.25) is 0 Å². The number of hydrogen-bond acceptors (Lipinski definition) is 9. The second kappa shape index (κ2) is 18.9. The second-order valence-electron chi connectivity index (χ2n) is 13.1. The highest BCUT2D eigenvalue weighted by atomic mass is 32.1. The molecule has 0 radical (unpaired) electrons. The first-order chi connectivity index (χ1) is 24.0. The number of rotatable bonds is 17. The lowest BCUT2D eigenvalue weighted by molar-refractivity contribution is -0.124. The van der Waals surface area contributed by atoms with Crippen molar-refractivity contribution in [3.05, 3.63) is 106 Å². The van der Waals surface area contributed by atoms with E-state index in [2.05, 4.69) is 39.9 Å². The minimum Gasteiger partial charge on any atom is -0.441 e. The molecule has 4 atom stereocenters. The SMILES string of the molecule is CC(C)c1nc(CN(C)C(=O)NC(C(=O)N[C@@H](Cc2ccccc2)C[C@H](O)[C@H](Cc2ccccc2)NC(=O)OCc2ccno2)C(C)C)cs1. The molecule has 0 saturated carbocycles. The third kappa shape index (κ3) is 12.0. The summed E-state index contributed by atoms with van der Waals surface area (Å²) in [6.07, 6.45) is 0.501. The quantitative estimate of drug-likeness (QED) is 0.113. The van der Waals surface area contributed by atoms with Gasteiger partial charge in [-0.05, 0) is 36.3 Å². The predicted molar refractivity (Wildman–Crippen MR) is 191 cm³/mol. The summed E-state index contributed by atoms with van der Waals surface area (Å²) >= 11 is 1.56. The Hall–Kier alpha value is -4.75. The maximum atomic E-state index is 13.9. The number of ether oxygens (including phenoxy) is 1. The van der Waals surface area contributed by atoms with E-state index in [4.69, 9.17) is 9.26 Å². The zero-order valence-electron chi connectivity index (χ0n) is 29.2. The van der Waals surface area contributed by atoms with Crippen LogP contribution in [0.3, 0.4) is 0 Å². The summed E-state index contributed by atoms with van der Waals surface area (Å²) in [7, 11) is 1.67. The van der Waals surface area contributed by atoms with E-state index >= 15 is 0 Å². The molecule has 2 aromatic heterocycles. The molecule has 0 spiro atoms. The minimum atomic E-state index is -1.07. The van der Waals surface area contributed by atoms with E-state index in [0.717, 1.165) is 21.8 Å². The maximum absolute atomic E-state index is 13.9. The molecule has 13 heteroatoms. The number of aliphatic hydroxyl groups is 1. The number of benzene rings is 2. The van der Waals surface area contributed by atoms with E-state index in [-0.39, 0.29) is 24.9 Å². The number of amides is 4. The predicted octanol–water partition coefficient (Wildman–Crippen LogP) is 5.44. The lowest BCUT2D eigenvalue weighted by Gasteiger charge is -2.30. The smallest absolute Gasteiger partial charge is 0.407 e. The van der Waals surface area contributed by atoms with Crippen LogP contribution in [0.15, 0.2) is 82.8 Å². The molecule has 2 aromatic carbocycles. The maximum Gasteiger partial charge on any atom is 0.407 e. The van der Waals surface area contributed by atoms with Crippen LogP contribution in [0.1, 0.15) is 67.6 Å². The van der Waals surface area contributed by atoms with Gasteiger partial charge in [-0.2, -0.15) is 0 Å². The first-order valence-corrected chi connectivity index (χ1v) is 17.7. The van der Waals surface area contributed by atoms with E-state index in [9.17, 15) is 19.5 Å². The first-order valence-electron chi connectivity index (χ1n) is 16.8. The lowest BCUT2D eigenvalue weighted by Crippen LogP contribution is -2.55. The Morgan fingerprint density at radius 1 is 0.920 bits per heavy atom. The summed E-state index contributed by atoms with van der Waals surface area (Å²) in [5, 5.41) is 27.0. The van der Waals surface area contributed by atoms with Crippen LogP contribution in [0.25, 0.3) is 0 Å². The third-order valence-electron chi connectivity index (χ3n) is 8.14. The van der Waals surface area contributed by atoms with Crippen molar-refractivity contribution in [1.29, 1.82) is 0 Å². The van der Waals surface area contributed by atoms with E-state index in [1.165, 1.54) is 11.1 Å². The molecule has 4 amide bonds.